The minimum atomic E-state index is -2.18. The van der Waals surface area contributed by atoms with Crippen molar-refractivity contribution in [3.8, 4) is 23.0 Å². The Hall–Kier alpha value is -6.85. The maximum Gasteiger partial charge on any atom is 0.343 e. The van der Waals surface area contributed by atoms with Gasteiger partial charge in [0.2, 0.25) is 5.91 Å². The number of aromatic nitrogens is 3. The lowest BCUT2D eigenvalue weighted by atomic mass is 9.39. The van der Waals surface area contributed by atoms with Gasteiger partial charge in [-0.05, 0) is 100 Å². The molecule has 1 aromatic heterocycles. The molecule has 20 nitrogen and oxygen atoms in total. The number of unbranched alkanes of at least 4 members (excludes halogenated alkanes) is 3. The van der Waals surface area contributed by atoms with Crippen LogP contribution in [0.5, 0.6) is 23.0 Å². The number of nitrogens with zero attached hydrogens (tertiary/aromatic N) is 3. The third kappa shape index (κ3) is 7.60. The summed E-state index contributed by atoms with van der Waals surface area (Å²) in [6, 6.07) is 9.95. The highest BCUT2D eigenvalue weighted by atomic mass is 19.1. The van der Waals surface area contributed by atoms with Crippen LogP contribution in [-0.4, -0.2) is 117 Å². The van der Waals surface area contributed by atoms with Crippen LogP contribution in [0.2, 0.25) is 0 Å². The second-order valence-corrected chi connectivity index (χ2v) is 25.9. The van der Waals surface area contributed by atoms with Crippen LogP contribution in [0.1, 0.15) is 119 Å². The molecule has 0 bridgehead atoms. The van der Waals surface area contributed by atoms with Crippen LogP contribution in [-0.2, 0) is 52.1 Å². The molecule has 3 unspecified atom stereocenters. The summed E-state index contributed by atoms with van der Waals surface area (Å²) in [6.07, 6.45) is -0.282. The van der Waals surface area contributed by atoms with E-state index in [-0.39, 0.29) is 70.5 Å². The Bertz CT molecular complexity index is 3500. The van der Waals surface area contributed by atoms with E-state index >= 15 is 4.39 Å². The lowest BCUT2D eigenvalue weighted by molar-refractivity contribution is -0.281. The summed E-state index contributed by atoms with van der Waals surface area (Å²) in [5.41, 5.74) is -7.64. The van der Waals surface area contributed by atoms with Gasteiger partial charge in [-0.3, -0.25) is 19.1 Å². The summed E-state index contributed by atoms with van der Waals surface area (Å²) in [6.45, 7) is 9.26. The number of carbonyl (C=O) groups is 5. The molecule has 6 aliphatic carbocycles. The average molecular weight is 1160 g/mol. The fraction of sp³-hybridized carbons (Fsp3) is 0.565. The maximum atomic E-state index is 16.0. The Morgan fingerprint density at radius 2 is 1.56 bits per heavy atom. The van der Waals surface area contributed by atoms with Gasteiger partial charge in [0.25, 0.3) is 0 Å². The summed E-state index contributed by atoms with van der Waals surface area (Å²) < 4.78 is 62.2. The fourth-order valence-corrected chi connectivity index (χ4v) is 18.0. The van der Waals surface area contributed by atoms with Gasteiger partial charge < -0.3 is 59.6 Å². The molecule has 1 saturated heterocycles. The number of carbonyl (C=O) groups excluding carboxylic acids is 5. The smallest absolute Gasteiger partial charge is 0.343 e. The molecule has 20 atom stereocenters. The zero-order chi connectivity index (χ0) is 59.6. The molecular formula is C62H68F2N4O16. The van der Waals surface area contributed by atoms with E-state index in [9.17, 15) is 59.0 Å². The van der Waals surface area contributed by atoms with Crippen molar-refractivity contribution in [2.45, 2.75) is 147 Å². The van der Waals surface area contributed by atoms with Gasteiger partial charge >= 0.3 is 17.9 Å². The molecule has 446 valence electrons. The second-order valence-electron chi connectivity index (χ2n) is 25.9. The van der Waals surface area contributed by atoms with E-state index < -0.39 is 147 Å². The van der Waals surface area contributed by atoms with Crippen molar-refractivity contribution in [1.29, 1.82) is 0 Å². The largest absolute Gasteiger partial charge is 0.505 e. The first-order chi connectivity index (χ1) is 39.8. The SMILES string of the molecule is CC(=O)O[C@H]1[C@H]2[C@@H]([C@@H](O)[C@@H](NC(=O)CCCCCCn3cc(COc4cc5c(cc4F)C4(OC(=O)c6ccccc64)c4cc(F)c(O)cc4O5)nn3)C3CC4C[C@@H]4[C@H](O)[C@@]32C)[C@@H]2[C@@H](O)[C@@H]3[C@H]([C@H](C)C=C4OC(=O)[C@@](C)(O)[C@@]43C)[C@@]2(C(C)=O)[C@H]1O. The Morgan fingerprint density at radius 1 is 0.845 bits per heavy atom. The second kappa shape index (κ2) is 19.3. The van der Waals surface area contributed by atoms with E-state index in [1.807, 2.05) is 6.92 Å². The minimum absolute atomic E-state index is 0.00977. The molecule has 3 aliphatic heterocycles. The number of ketones is 1. The highest BCUT2D eigenvalue weighted by Crippen LogP contribution is 2.76. The molecule has 5 saturated carbocycles. The third-order valence-electron chi connectivity index (χ3n) is 21.8. The number of phenols is 1. The lowest BCUT2D eigenvalue weighted by Crippen LogP contribution is -2.77. The summed E-state index contributed by atoms with van der Waals surface area (Å²) in [4.78, 5) is 68.8. The molecule has 84 heavy (non-hydrogen) atoms. The first-order valence-corrected chi connectivity index (χ1v) is 29.1. The van der Waals surface area contributed by atoms with E-state index in [0.29, 0.717) is 56.3 Å². The number of aliphatic hydroxyl groups excluding tert-OH is 4. The molecule has 1 spiro atoms. The summed E-state index contributed by atoms with van der Waals surface area (Å²) >= 11 is 0. The van der Waals surface area contributed by atoms with Crippen molar-refractivity contribution in [2.75, 3.05) is 0 Å². The fourth-order valence-electron chi connectivity index (χ4n) is 18.0. The van der Waals surface area contributed by atoms with Crippen molar-refractivity contribution in [1.82, 2.24) is 20.3 Å². The van der Waals surface area contributed by atoms with Crippen molar-refractivity contribution in [3.63, 3.8) is 0 Å². The van der Waals surface area contributed by atoms with Gasteiger partial charge in [-0.15, -0.1) is 5.10 Å². The van der Waals surface area contributed by atoms with E-state index in [4.69, 9.17) is 23.7 Å². The zero-order valence-corrected chi connectivity index (χ0v) is 47.2. The molecule has 4 aromatic rings. The van der Waals surface area contributed by atoms with Crippen LogP contribution >= 0.6 is 0 Å². The van der Waals surface area contributed by atoms with Gasteiger partial charge in [-0.1, -0.05) is 50.1 Å². The average Bonchev–Trinajstić information content (AvgIpc) is 1.43. The number of fused-ring (bicyclic) bond motifs is 16. The van der Waals surface area contributed by atoms with Crippen LogP contribution in [0.25, 0.3) is 0 Å². The number of halogens is 2. The molecule has 6 fully saturated rings. The van der Waals surface area contributed by atoms with Crippen LogP contribution < -0.4 is 14.8 Å². The molecule has 9 aliphatic rings. The number of Topliss-reactive ketones (excluding diaryl/α,β-unsaturated/α-hetero) is 1. The van der Waals surface area contributed by atoms with Crippen molar-refractivity contribution >= 4 is 29.6 Å². The van der Waals surface area contributed by atoms with E-state index in [2.05, 4.69) is 15.6 Å². The number of ether oxygens (including phenoxy) is 5. The molecule has 22 heteroatoms. The normalized spacial score (nSPS) is 39.5. The van der Waals surface area contributed by atoms with E-state index in [1.54, 1.807) is 55.1 Å². The van der Waals surface area contributed by atoms with Gasteiger partial charge in [0.15, 0.2) is 34.3 Å². The molecule has 7 N–H and O–H groups in total. The molecule has 13 rings (SSSR count). The summed E-state index contributed by atoms with van der Waals surface area (Å²) in [5.74, 6) is -12.7. The van der Waals surface area contributed by atoms with Crippen LogP contribution in [0, 0.1) is 81.1 Å². The highest BCUT2D eigenvalue weighted by molar-refractivity contribution is 5.97. The van der Waals surface area contributed by atoms with E-state index in [1.165, 1.54) is 26.8 Å². The number of amides is 1. The number of hydrogen-bond acceptors (Lipinski definition) is 18. The zero-order valence-electron chi connectivity index (χ0n) is 47.2. The Kier molecular flexibility index (Phi) is 13.0. The Labute approximate surface area is 481 Å². The van der Waals surface area contributed by atoms with Gasteiger partial charge in [-0.25, -0.2) is 18.4 Å². The third-order valence-corrected chi connectivity index (χ3v) is 21.8. The molecule has 3 aromatic carbocycles. The van der Waals surface area contributed by atoms with Gasteiger partial charge in [0.1, 0.15) is 47.6 Å². The summed E-state index contributed by atoms with van der Waals surface area (Å²) in [7, 11) is 0. The predicted molar refractivity (Wildman–Crippen MR) is 286 cm³/mol. The molecule has 0 radical (unpaired) electrons. The molecule has 1 amide bonds. The number of esters is 3. The van der Waals surface area contributed by atoms with Crippen LogP contribution in [0.4, 0.5) is 8.78 Å². The van der Waals surface area contributed by atoms with Gasteiger partial charge in [0, 0.05) is 66.7 Å². The van der Waals surface area contributed by atoms with E-state index in [0.717, 1.165) is 18.2 Å². The quantitative estimate of drug-likeness (QED) is 0.0499. The number of hydrogen-bond donors (Lipinski definition) is 7. The lowest BCUT2D eigenvalue weighted by Gasteiger charge is -2.67. The highest BCUT2D eigenvalue weighted by Gasteiger charge is 2.84. The van der Waals surface area contributed by atoms with Gasteiger partial charge in [0.05, 0.1) is 58.1 Å². The van der Waals surface area contributed by atoms with Crippen LogP contribution in [0.15, 0.2) is 66.6 Å². The number of allylic oxidation sites excluding steroid dienone is 1. The first kappa shape index (κ1) is 56.3. The number of aromatic hydroxyl groups is 1. The van der Waals surface area contributed by atoms with Crippen molar-refractivity contribution in [3.05, 3.63) is 106 Å². The number of rotatable bonds is 13. The topological polar surface area (TPSA) is 296 Å². The first-order valence-electron chi connectivity index (χ1n) is 29.1. The predicted octanol–water partition coefficient (Wildman–Crippen LogP) is 5.43. The molecule has 4 heterocycles. The summed E-state index contributed by atoms with van der Waals surface area (Å²) in [5, 5.41) is 85.5. The number of phenolic OH excluding ortho intramolecular Hbond substituents is 1. The minimum Gasteiger partial charge on any atom is -0.505 e. The number of nitrogens with one attached hydrogen (secondary N) is 1. The van der Waals surface area contributed by atoms with Gasteiger partial charge in [-0.2, -0.15) is 0 Å². The van der Waals surface area contributed by atoms with Crippen molar-refractivity contribution in [2.24, 2.45) is 69.5 Å². The maximum absolute atomic E-state index is 16.0. The monoisotopic (exact) mass is 1160 g/mol. The number of aliphatic hydroxyl groups is 5. The standard InChI is InChI=1S/C62H68F2N4O16/c1-26-17-43-59(5,60(6,79)57(78)83-43)49-46(26)61(27(2)69)47(52(49)74)45-48(53(55(61)76)81-28(3)70)58(4)36(19-29-18-32(29)54(58)75)50(51(45)73)65-44(72)15-9-7-8-12-16-68-24-30(66-67-68)25-80-42-23-41-35(21-38(42)64)62(33-14-11-10-13-31(33)56(77)84-62)34-20-37(63)39(71)22-40(34)82-41/h10-11,13-14,17,20-24,26,29,32,36,45-55,71,73-76,79H,7-9,12,15-16,18-19,25H2,1-6H3,(H,65,72)/t26-,29?,32+,36?,45+,46+,47-,48-,49+,50+,51-,52-,53+,54+,55+,58+,59+,60-,61-,62?/m1/s1. The molecular weight excluding hydrogens is 1090 g/mol. The van der Waals surface area contributed by atoms with Crippen molar-refractivity contribution < 1.29 is 87.1 Å². The Balaban J connectivity index is 0.681. The number of aryl methyl sites for hydroxylation is 1. The van der Waals surface area contributed by atoms with Crippen LogP contribution in [0.3, 0.4) is 0 Å². The number of benzene rings is 3. The Morgan fingerprint density at radius 3 is 2.30 bits per heavy atom.